The topological polar surface area (TPSA) is 46.2 Å². The van der Waals surface area contributed by atoms with E-state index in [2.05, 4.69) is 5.32 Å². The summed E-state index contributed by atoms with van der Waals surface area (Å²) in [5, 5.41) is 2.73. The highest BCUT2D eigenvalue weighted by Crippen LogP contribution is 2.31. The third kappa shape index (κ3) is 5.20. The maximum Gasteiger partial charge on any atom is 0.416 e. The minimum atomic E-state index is -4.40. The molecule has 0 unspecified atom stereocenters. The van der Waals surface area contributed by atoms with Crippen LogP contribution in [0.25, 0.3) is 0 Å². The van der Waals surface area contributed by atoms with Gasteiger partial charge in [0, 0.05) is 18.8 Å². The van der Waals surface area contributed by atoms with E-state index in [1.165, 1.54) is 25.1 Å². The second kappa shape index (κ2) is 6.38. The van der Waals surface area contributed by atoms with E-state index in [4.69, 9.17) is 0 Å². The van der Waals surface area contributed by atoms with Crippen LogP contribution in [0.3, 0.4) is 0 Å². The highest BCUT2D eigenvalue weighted by Gasteiger charge is 2.32. The Morgan fingerprint density at radius 1 is 1.21 bits per heavy atom. The van der Waals surface area contributed by atoms with Gasteiger partial charge in [-0.15, -0.1) is 0 Å². The Labute approximate surface area is 110 Å². The summed E-state index contributed by atoms with van der Waals surface area (Å²) in [7, 11) is -3.10. The average Bonchev–Trinajstić information content (AvgIpc) is 2.34. The maximum atomic E-state index is 12.7. The molecule has 0 heterocycles. The molecule has 0 atom stereocenters. The molecule has 0 bridgehead atoms. The predicted octanol–water partition coefficient (Wildman–Crippen LogP) is 2.23. The summed E-state index contributed by atoms with van der Waals surface area (Å²) in [6.07, 6.45) is -4.40. The zero-order chi connectivity index (χ0) is 14.5. The van der Waals surface area contributed by atoms with E-state index in [9.17, 15) is 21.6 Å². The van der Waals surface area contributed by atoms with Gasteiger partial charge in [0.1, 0.15) is 0 Å². The van der Waals surface area contributed by atoms with Crippen molar-refractivity contribution < 1.29 is 21.6 Å². The minimum Gasteiger partial charge on any atom is -0.312 e. The van der Waals surface area contributed by atoms with E-state index < -0.39 is 21.6 Å². The summed E-state index contributed by atoms with van der Waals surface area (Å²) < 4.78 is 60.5. The van der Waals surface area contributed by atoms with Crippen LogP contribution < -0.4 is 5.32 Å². The van der Waals surface area contributed by atoms with Crippen LogP contribution in [0, 0.1) is 0 Å². The Morgan fingerprint density at radius 3 is 2.42 bits per heavy atom. The van der Waals surface area contributed by atoms with Gasteiger partial charge >= 0.3 is 6.18 Å². The van der Waals surface area contributed by atoms with Gasteiger partial charge in [0.25, 0.3) is 0 Å². The molecule has 0 fully saturated rings. The largest absolute Gasteiger partial charge is 0.416 e. The zero-order valence-corrected chi connectivity index (χ0v) is 11.3. The Kier molecular flexibility index (Phi) is 5.37. The Hall–Kier alpha value is -1.08. The van der Waals surface area contributed by atoms with Crippen molar-refractivity contribution in [3.05, 3.63) is 35.4 Å². The molecule has 0 aromatic heterocycles. The molecule has 0 spiro atoms. The first kappa shape index (κ1) is 16.0. The van der Waals surface area contributed by atoms with Crippen molar-refractivity contribution in [2.24, 2.45) is 0 Å². The molecule has 0 saturated heterocycles. The summed E-state index contributed by atoms with van der Waals surface area (Å²) in [6, 6.07) is 5.24. The fraction of sp³-hybridized carbons (Fsp3) is 0.500. The van der Waals surface area contributed by atoms with E-state index in [-0.39, 0.29) is 30.2 Å². The van der Waals surface area contributed by atoms with Crippen molar-refractivity contribution in [3.8, 4) is 0 Å². The number of rotatable bonds is 6. The average molecular weight is 295 g/mol. The van der Waals surface area contributed by atoms with Crippen molar-refractivity contribution in [1.29, 1.82) is 0 Å². The van der Waals surface area contributed by atoms with Crippen molar-refractivity contribution in [3.63, 3.8) is 0 Å². The van der Waals surface area contributed by atoms with E-state index in [1.54, 1.807) is 0 Å². The summed E-state index contributed by atoms with van der Waals surface area (Å²) >= 11 is 0. The standard InChI is InChI=1S/C12H16F3NO2S/c1-2-19(17,18)8-7-16-9-10-5-3-4-6-11(10)12(13,14)15/h3-6,16H,2,7-9H2,1H3. The predicted molar refractivity (Wildman–Crippen MR) is 67.5 cm³/mol. The van der Waals surface area contributed by atoms with Crippen LogP contribution in [0.5, 0.6) is 0 Å². The van der Waals surface area contributed by atoms with E-state index >= 15 is 0 Å². The number of sulfone groups is 1. The van der Waals surface area contributed by atoms with E-state index in [0.717, 1.165) is 6.07 Å². The normalized spacial score (nSPS) is 12.6. The maximum absolute atomic E-state index is 12.7. The summed E-state index contributed by atoms with van der Waals surface area (Å²) in [5.41, 5.74) is -0.579. The number of alkyl halides is 3. The molecule has 19 heavy (non-hydrogen) atoms. The lowest BCUT2D eigenvalue weighted by molar-refractivity contribution is -0.138. The van der Waals surface area contributed by atoms with Gasteiger partial charge in [-0.1, -0.05) is 25.1 Å². The SMILES string of the molecule is CCS(=O)(=O)CCNCc1ccccc1C(F)(F)F. The highest BCUT2D eigenvalue weighted by atomic mass is 32.2. The monoisotopic (exact) mass is 295 g/mol. The van der Waals surface area contributed by atoms with Gasteiger partial charge in [-0.3, -0.25) is 0 Å². The van der Waals surface area contributed by atoms with E-state index in [0.29, 0.717) is 0 Å². The number of halogens is 3. The van der Waals surface area contributed by atoms with Gasteiger partial charge in [0.05, 0.1) is 11.3 Å². The minimum absolute atomic E-state index is 0.00504. The molecule has 0 radical (unpaired) electrons. The second-order valence-corrected chi connectivity index (χ2v) is 6.54. The quantitative estimate of drug-likeness (QED) is 0.819. The molecule has 1 N–H and O–H groups in total. The number of benzene rings is 1. The molecule has 0 amide bonds. The first-order valence-corrected chi connectivity index (χ1v) is 7.64. The molecule has 1 aromatic carbocycles. The van der Waals surface area contributed by atoms with Gasteiger partial charge in [0.2, 0.25) is 0 Å². The molecule has 0 saturated carbocycles. The van der Waals surface area contributed by atoms with Crippen LogP contribution in [-0.2, 0) is 22.6 Å². The third-order valence-electron chi connectivity index (χ3n) is 2.67. The second-order valence-electron chi connectivity index (χ2n) is 4.07. The van der Waals surface area contributed by atoms with Crippen molar-refractivity contribution in [2.75, 3.05) is 18.1 Å². The lowest BCUT2D eigenvalue weighted by Gasteiger charge is -2.13. The lowest BCUT2D eigenvalue weighted by atomic mass is 10.1. The molecular weight excluding hydrogens is 279 g/mol. The van der Waals surface area contributed by atoms with Crippen LogP contribution in [0.4, 0.5) is 13.2 Å². The summed E-state index contributed by atoms with van der Waals surface area (Å²) in [6.45, 7) is 1.67. The zero-order valence-electron chi connectivity index (χ0n) is 10.5. The van der Waals surface area contributed by atoms with Gasteiger partial charge in [-0.25, -0.2) is 8.42 Å². The first-order valence-electron chi connectivity index (χ1n) is 5.82. The van der Waals surface area contributed by atoms with Crippen LogP contribution in [-0.4, -0.2) is 26.5 Å². The van der Waals surface area contributed by atoms with E-state index in [1.807, 2.05) is 0 Å². The Morgan fingerprint density at radius 2 is 1.84 bits per heavy atom. The van der Waals surface area contributed by atoms with Crippen molar-refractivity contribution in [1.82, 2.24) is 5.32 Å². The fourth-order valence-corrected chi connectivity index (χ4v) is 2.29. The smallest absolute Gasteiger partial charge is 0.312 e. The number of hydrogen-bond donors (Lipinski definition) is 1. The molecule has 1 rings (SSSR count). The molecule has 0 aliphatic rings. The third-order valence-corrected chi connectivity index (χ3v) is 4.37. The van der Waals surface area contributed by atoms with Crippen LogP contribution in [0.2, 0.25) is 0 Å². The van der Waals surface area contributed by atoms with Crippen LogP contribution in [0.15, 0.2) is 24.3 Å². The van der Waals surface area contributed by atoms with Gasteiger partial charge in [-0.2, -0.15) is 13.2 Å². The van der Waals surface area contributed by atoms with Crippen molar-refractivity contribution in [2.45, 2.75) is 19.6 Å². The summed E-state index contributed by atoms with van der Waals surface area (Å²) in [4.78, 5) is 0. The van der Waals surface area contributed by atoms with Crippen LogP contribution in [0.1, 0.15) is 18.1 Å². The first-order chi connectivity index (χ1) is 8.76. The molecule has 0 aliphatic heterocycles. The Bertz CT molecular complexity index is 512. The molecule has 0 aliphatic carbocycles. The summed E-state index contributed by atoms with van der Waals surface area (Å²) in [5.74, 6) is -0.0362. The van der Waals surface area contributed by atoms with Crippen molar-refractivity contribution >= 4 is 9.84 Å². The molecular formula is C12H16F3NO2S. The number of nitrogens with one attached hydrogen (secondary N) is 1. The Balaban J connectivity index is 2.60. The molecule has 108 valence electrons. The fourth-order valence-electron chi connectivity index (χ4n) is 1.55. The van der Waals surface area contributed by atoms with Gasteiger partial charge in [0.15, 0.2) is 9.84 Å². The van der Waals surface area contributed by atoms with Gasteiger partial charge < -0.3 is 5.32 Å². The molecule has 1 aromatic rings. The number of hydrogen-bond acceptors (Lipinski definition) is 3. The molecule has 3 nitrogen and oxygen atoms in total. The molecule has 7 heteroatoms. The van der Waals surface area contributed by atoms with Gasteiger partial charge in [-0.05, 0) is 11.6 Å². The highest BCUT2D eigenvalue weighted by molar-refractivity contribution is 7.91. The van der Waals surface area contributed by atoms with Crippen LogP contribution >= 0.6 is 0 Å². The lowest BCUT2D eigenvalue weighted by Crippen LogP contribution is -2.24.